The highest BCUT2D eigenvalue weighted by molar-refractivity contribution is 7.26. The first kappa shape index (κ1) is 38.2. The normalized spacial score (nSPS) is 12.2. The van der Waals surface area contributed by atoms with E-state index in [9.17, 15) is 0 Å². The van der Waals surface area contributed by atoms with Crippen LogP contribution in [0.15, 0.2) is 249 Å². The molecule has 11 aromatic rings. The van der Waals surface area contributed by atoms with E-state index in [-0.39, 0.29) is 6.71 Å². The first-order valence-electron chi connectivity index (χ1n) is 22.0. The fourth-order valence-corrected chi connectivity index (χ4v) is 16.4. The molecule has 1 aromatic heterocycles. The lowest BCUT2D eigenvalue weighted by Crippen LogP contribution is -2.74. The highest BCUT2D eigenvalue weighted by Gasteiger charge is 2.42. The van der Waals surface area contributed by atoms with Gasteiger partial charge in [0.1, 0.15) is 11.5 Å². The summed E-state index contributed by atoms with van der Waals surface area (Å²) >= 11 is 1.91. The first-order valence-corrected chi connectivity index (χ1v) is 24.8. The van der Waals surface area contributed by atoms with Crippen molar-refractivity contribution in [2.24, 2.45) is 0 Å². The zero-order chi connectivity index (χ0) is 42.5. The summed E-state index contributed by atoms with van der Waals surface area (Å²) in [6, 6.07) is 91.9. The fourth-order valence-electron chi connectivity index (χ4n) is 10.5. The SMILES string of the molecule is c1ccc(-c2ccc(-c3cccc4c3sc3ccc([Si](c5ccccc5)(c5ccccc5)c5ccccc5)cc34)c(-c3ccccc3)c2B2c3ccccc3Oc3ccccc32)cc1. The molecule has 1 aliphatic rings. The highest BCUT2D eigenvalue weighted by atomic mass is 32.1. The Morgan fingerprint density at radius 1 is 0.359 bits per heavy atom. The van der Waals surface area contributed by atoms with Crippen LogP contribution in [0.2, 0.25) is 0 Å². The third kappa shape index (κ3) is 6.21. The summed E-state index contributed by atoms with van der Waals surface area (Å²) in [5, 5.41) is 8.09. The molecule has 1 nitrogen and oxygen atoms in total. The molecule has 0 fully saturated rings. The smallest absolute Gasteiger partial charge is 0.252 e. The molecule has 0 radical (unpaired) electrons. The van der Waals surface area contributed by atoms with Gasteiger partial charge in [-0.1, -0.05) is 236 Å². The van der Waals surface area contributed by atoms with Crippen LogP contribution in [-0.2, 0) is 0 Å². The molecule has 0 unspecified atom stereocenters. The number of ether oxygens (including phenoxy) is 1. The predicted molar refractivity (Wildman–Crippen MR) is 277 cm³/mol. The topological polar surface area (TPSA) is 9.23 Å². The van der Waals surface area contributed by atoms with Gasteiger partial charge in [0.25, 0.3) is 6.71 Å². The van der Waals surface area contributed by atoms with Gasteiger partial charge in [-0.25, -0.2) is 0 Å². The van der Waals surface area contributed by atoms with Crippen LogP contribution < -0.4 is 41.9 Å². The zero-order valence-corrected chi connectivity index (χ0v) is 36.9. The minimum Gasteiger partial charge on any atom is -0.458 e. The second kappa shape index (κ2) is 16.0. The Hall–Kier alpha value is -7.50. The monoisotopic (exact) mass is 848 g/mol. The summed E-state index contributed by atoms with van der Waals surface area (Å²) in [7, 11) is -2.74. The van der Waals surface area contributed by atoms with Crippen molar-refractivity contribution in [3.05, 3.63) is 249 Å². The van der Waals surface area contributed by atoms with Crippen LogP contribution >= 0.6 is 11.3 Å². The Labute approximate surface area is 379 Å². The van der Waals surface area contributed by atoms with Gasteiger partial charge in [-0.15, -0.1) is 11.3 Å². The molecule has 0 saturated heterocycles. The maximum absolute atomic E-state index is 6.65. The van der Waals surface area contributed by atoms with Gasteiger partial charge >= 0.3 is 0 Å². The third-order valence-electron chi connectivity index (χ3n) is 13.2. The molecule has 0 spiro atoms. The molecule has 64 heavy (non-hydrogen) atoms. The van der Waals surface area contributed by atoms with Gasteiger partial charge in [-0.3, -0.25) is 0 Å². The van der Waals surface area contributed by atoms with Crippen LogP contribution in [0, 0.1) is 0 Å². The standard InChI is InChI=1S/C60H41BOSSi/c1-6-21-42(22-7-1)48-38-39-49(58(43-23-8-2-9-24-43)59(48)61-53-33-16-18-35-55(53)62-56-36-19-17-34-54(56)61)50-31-20-32-51-52-41-47(37-40-57(52)63-60(50)51)64(44-25-10-3-11-26-44,45-27-12-4-13-28-45)46-29-14-5-15-30-46/h1-41H. The van der Waals surface area contributed by atoms with Gasteiger partial charge in [0.15, 0.2) is 8.07 Å². The average Bonchev–Trinajstić information content (AvgIpc) is 3.75. The van der Waals surface area contributed by atoms with Crippen LogP contribution in [0.5, 0.6) is 11.5 Å². The summed E-state index contributed by atoms with van der Waals surface area (Å²) in [5.74, 6) is 1.80. The van der Waals surface area contributed by atoms with Gasteiger partial charge < -0.3 is 4.74 Å². The Kier molecular flexibility index (Phi) is 9.55. The van der Waals surface area contributed by atoms with Crippen molar-refractivity contribution >= 4 is 83.4 Å². The molecule has 10 aromatic carbocycles. The molecular weight excluding hydrogens is 808 g/mol. The number of thiophene rings is 1. The molecule has 2 heterocycles. The number of para-hydroxylation sites is 2. The van der Waals surface area contributed by atoms with Crippen LogP contribution in [0.4, 0.5) is 0 Å². The van der Waals surface area contributed by atoms with Crippen molar-refractivity contribution < 1.29 is 4.74 Å². The minimum absolute atomic E-state index is 0.0808. The van der Waals surface area contributed by atoms with E-state index in [1.54, 1.807) is 0 Å². The Balaban J connectivity index is 1.15. The van der Waals surface area contributed by atoms with Gasteiger partial charge in [-0.2, -0.15) is 0 Å². The number of hydrogen-bond donors (Lipinski definition) is 0. The number of hydrogen-bond acceptors (Lipinski definition) is 2. The molecule has 4 heteroatoms. The third-order valence-corrected chi connectivity index (χ3v) is 19.2. The lowest BCUT2D eigenvalue weighted by Gasteiger charge is -2.34. The molecule has 1 aliphatic heterocycles. The molecule has 0 aliphatic carbocycles. The van der Waals surface area contributed by atoms with E-state index in [1.807, 2.05) is 11.3 Å². The fraction of sp³-hybridized carbons (Fsp3) is 0. The molecule has 12 rings (SSSR count). The maximum atomic E-state index is 6.65. The van der Waals surface area contributed by atoms with Crippen LogP contribution in [-0.4, -0.2) is 14.8 Å². The summed E-state index contributed by atoms with van der Waals surface area (Å²) in [6.07, 6.45) is 0. The van der Waals surface area contributed by atoms with Crippen molar-refractivity contribution in [2.45, 2.75) is 0 Å². The van der Waals surface area contributed by atoms with E-state index in [0.29, 0.717) is 0 Å². The quantitative estimate of drug-likeness (QED) is 0.109. The lowest BCUT2D eigenvalue weighted by atomic mass is 9.34. The highest BCUT2D eigenvalue weighted by Crippen LogP contribution is 2.44. The van der Waals surface area contributed by atoms with Crippen LogP contribution in [0.3, 0.4) is 0 Å². The first-order chi connectivity index (χ1) is 31.8. The van der Waals surface area contributed by atoms with Crippen molar-refractivity contribution in [3.63, 3.8) is 0 Å². The van der Waals surface area contributed by atoms with Crippen LogP contribution in [0.25, 0.3) is 53.6 Å². The van der Waals surface area contributed by atoms with Crippen molar-refractivity contribution in [1.29, 1.82) is 0 Å². The summed E-state index contributed by atoms with van der Waals surface area (Å²) in [4.78, 5) is 0. The predicted octanol–water partition coefficient (Wildman–Crippen LogP) is 11.1. The van der Waals surface area contributed by atoms with Gasteiger partial charge in [0, 0.05) is 25.7 Å². The van der Waals surface area contributed by atoms with Crippen molar-refractivity contribution in [1.82, 2.24) is 0 Å². The molecule has 0 saturated carbocycles. The van der Waals surface area contributed by atoms with Crippen molar-refractivity contribution in [2.75, 3.05) is 0 Å². The summed E-state index contributed by atoms with van der Waals surface area (Å²) in [5.41, 5.74) is 10.9. The van der Waals surface area contributed by atoms with E-state index in [4.69, 9.17) is 4.74 Å². The van der Waals surface area contributed by atoms with E-state index in [2.05, 4.69) is 249 Å². The molecule has 0 atom stereocenters. The molecule has 0 bridgehead atoms. The maximum Gasteiger partial charge on any atom is 0.252 e. The van der Waals surface area contributed by atoms with E-state index < -0.39 is 8.07 Å². The molecule has 0 N–H and O–H groups in total. The van der Waals surface area contributed by atoms with E-state index in [1.165, 1.54) is 90.7 Å². The van der Waals surface area contributed by atoms with E-state index in [0.717, 1.165) is 11.5 Å². The average molecular weight is 849 g/mol. The Morgan fingerprint density at radius 2 is 0.859 bits per heavy atom. The number of rotatable bonds is 8. The lowest BCUT2D eigenvalue weighted by molar-refractivity contribution is 0.487. The minimum atomic E-state index is -2.74. The second-order valence-corrected chi connectivity index (χ2v) is 21.5. The summed E-state index contributed by atoms with van der Waals surface area (Å²) < 4.78 is 9.23. The van der Waals surface area contributed by atoms with Gasteiger partial charge in [-0.05, 0) is 77.7 Å². The van der Waals surface area contributed by atoms with Crippen LogP contribution in [0.1, 0.15) is 0 Å². The van der Waals surface area contributed by atoms with Gasteiger partial charge in [0.2, 0.25) is 0 Å². The Bertz CT molecular complexity index is 3320. The van der Waals surface area contributed by atoms with Crippen molar-refractivity contribution in [3.8, 4) is 44.9 Å². The zero-order valence-electron chi connectivity index (χ0n) is 35.1. The summed E-state index contributed by atoms with van der Waals surface area (Å²) in [6.45, 7) is -0.0808. The molecule has 300 valence electrons. The molecule has 0 amide bonds. The Morgan fingerprint density at radius 3 is 1.44 bits per heavy atom. The largest absolute Gasteiger partial charge is 0.458 e. The van der Waals surface area contributed by atoms with E-state index >= 15 is 0 Å². The number of fused-ring (bicyclic) bond motifs is 5. The second-order valence-electron chi connectivity index (χ2n) is 16.6. The number of benzene rings is 10. The van der Waals surface area contributed by atoms with Gasteiger partial charge in [0.05, 0.1) is 0 Å². The molecular formula is C60H41BOSSi.